The van der Waals surface area contributed by atoms with Crippen molar-refractivity contribution in [3.63, 3.8) is 0 Å². The van der Waals surface area contributed by atoms with Gasteiger partial charge in [0.25, 0.3) is 0 Å². The topological polar surface area (TPSA) is 29.1 Å². The number of rotatable bonds is 3. The molecule has 1 amide bonds. The normalized spacial score (nSPS) is 32.2. The van der Waals surface area contributed by atoms with E-state index in [1.54, 1.807) is 0 Å². The Balaban J connectivity index is 1.72. The summed E-state index contributed by atoms with van der Waals surface area (Å²) in [5.41, 5.74) is 3.65. The minimum Gasteiger partial charge on any atom is -0.348 e. The molecule has 2 fully saturated rings. The van der Waals surface area contributed by atoms with E-state index in [2.05, 4.69) is 37.4 Å². The summed E-state index contributed by atoms with van der Waals surface area (Å²) in [4.78, 5) is 12.0. The van der Waals surface area contributed by atoms with E-state index in [0.29, 0.717) is 11.8 Å². The van der Waals surface area contributed by atoms with Crippen LogP contribution in [0.15, 0.2) is 18.2 Å². The van der Waals surface area contributed by atoms with Crippen LogP contribution in [0, 0.1) is 25.7 Å². The van der Waals surface area contributed by atoms with E-state index in [-0.39, 0.29) is 11.9 Å². The van der Waals surface area contributed by atoms with E-state index in [9.17, 15) is 4.79 Å². The van der Waals surface area contributed by atoms with Crippen LogP contribution in [-0.2, 0) is 4.79 Å². The maximum absolute atomic E-state index is 12.7. The number of hydrogen-bond donors (Lipinski definition) is 1. The summed E-state index contributed by atoms with van der Waals surface area (Å²) in [5, 5.41) is 3.15. The Bertz CT molecular complexity index is 570. The van der Waals surface area contributed by atoms with Crippen LogP contribution in [0.5, 0.6) is 0 Å². The molecule has 1 N–H and O–H groups in total. The fourth-order valence-electron chi connectivity index (χ4n) is 4.25. The molecule has 0 saturated heterocycles. The lowest BCUT2D eigenvalue weighted by Crippen LogP contribution is -2.47. The van der Waals surface area contributed by atoms with Crippen LogP contribution in [0.4, 0.5) is 0 Å². The summed E-state index contributed by atoms with van der Waals surface area (Å²) in [6, 6.07) is 6.37. The molecule has 0 aromatic heterocycles. The van der Waals surface area contributed by atoms with Crippen LogP contribution >= 0.6 is 11.6 Å². The highest BCUT2D eigenvalue weighted by Crippen LogP contribution is 2.54. The number of carbonyl (C=O) groups is 1. The molecule has 0 aliphatic heterocycles. The average molecular weight is 306 g/mol. The van der Waals surface area contributed by atoms with Gasteiger partial charge in [-0.2, -0.15) is 0 Å². The van der Waals surface area contributed by atoms with Gasteiger partial charge < -0.3 is 5.32 Å². The van der Waals surface area contributed by atoms with Gasteiger partial charge in [0.05, 0.1) is 6.04 Å². The second-order valence-corrected chi connectivity index (χ2v) is 7.67. The van der Waals surface area contributed by atoms with Gasteiger partial charge in [-0.1, -0.05) is 30.2 Å². The van der Waals surface area contributed by atoms with Gasteiger partial charge in [0.15, 0.2) is 0 Å². The van der Waals surface area contributed by atoms with Crippen LogP contribution in [0.1, 0.15) is 55.3 Å². The van der Waals surface area contributed by atoms with Gasteiger partial charge >= 0.3 is 0 Å². The van der Waals surface area contributed by atoms with E-state index in [1.807, 2.05) is 6.92 Å². The molecule has 114 valence electrons. The Hall–Kier alpha value is -1.02. The molecule has 2 bridgehead atoms. The van der Waals surface area contributed by atoms with E-state index in [1.165, 1.54) is 23.1 Å². The lowest BCUT2D eigenvalue weighted by Gasteiger charge is -2.31. The van der Waals surface area contributed by atoms with E-state index in [4.69, 9.17) is 11.6 Å². The number of carbonyl (C=O) groups excluding carboxylic acids is 1. The number of amides is 1. The first-order valence-corrected chi connectivity index (χ1v) is 8.35. The largest absolute Gasteiger partial charge is 0.348 e. The molecule has 1 aromatic carbocycles. The Labute approximate surface area is 132 Å². The standard InChI is InChI=1S/C18H24ClNO/c1-11-4-7-16(12(2)8-11)13(3)20-17(21)18(19)10-14-5-6-15(18)9-14/h4,7-8,13-15H,5-6,9-10H2,1-3H3,(H,20,21). The highest BCUT2D eigenvalue weighted by atomic mass is 35.5. The van der Waals surface area contributed by atoms with Crippen molar-refractivity contribution in [2.75, 3.05) is 0 Å². The molecular weight excluding hydrogens is 282 g/mol. The first-order chi connectivity index (χ1) is 9.90. The Morgan fingerprint density at radius 1 is 1.38 bits per heavy atom. The second-order valence-electron chi connectivity index (χ2n) is 7.00. The minimum absolute atomic E-state index is 0.00727. The number of halogens is 1. The number of aryl methyl sites for hydroxylation is 2. The highest BCUT2D eigenvalue weighted by molar-refractivity contribution is 6.35. The predicted molar refractivity (Wildman–Crippen MR) is 86.5 cm³/mol. The Kier molecular flexibility index (Phi) is 3.77. The average Bonchev–Trinajstić information content (AvgIpc) is 2.98. The lowest BCUT2D eigenvalue weighted by molar-refractivity contribution is -0.125. The quantitative estimate of drug-likeness (QED) is 0.830. The van der Waals surface area contributed by atoms with Crippen molar-refractivity contribution < 1.29 is 4.79 Å². The zero-order chi connectivity index (χ0) is 15.2. The van der Waals surface area contributed by atoms with E-state index >= 15 is 0 Å². The number of hydrogen-bond acceptors (Lipinski definition) is 1. The first-order valence-electron chi connectivity index (χ1n) is 7.97. The van der Waals surface area contributed by atoms with Crippen molar-refractivity contribution in [1.29, 1.82) is 0 Å². The first kappa shape index (κ1) is 14.9. The van der Waals surface area contributed by atoms with Gasteiger partial charge in [0, 0.05) is 0 Å². The maximum Gasteiger partial charge on any atom is 0.241 e. The van der Waals surface area contributed by atoms with Gasteiger partial charge in [-0.25, -0.2) is 0 Å². The highest BCUT2D eigenvalue weighted by Gasteiger charge is 2.54. The molecule has 4 unspecified atom stereocenters. The van der Waals surface area contributed by atoms with Gasteiger partial charge in [-0.15, -0.1) is 11.6 Å². The SMILES string of the molecule is Cc1ccc(C(C)NC(=O)C2(Cl)CC3CCC2C3)c(C)c1. The zero-order valence-corrected chi connectivity index (χ0v) is 13.8. The molecule has 0 heterocycles. The number of alkyl halides is 1. The fraction of sp³-hybridized carbons (Fsp3) is 0.611. The number of nitrogens with one attached hydrogen (secondary N) is 1. The van der Waals surface area contributed by atoms with Crippen molar-refractivity contribution in [2.45, 2.75) is 57.4 Å². The summed E-state index contributed by atoms with van der Waals surface area (Å²) >= 11 is 6.70. The summed E-state index contributed by atoms with van der Waals surface area (Å²) in [6.07, 6.45) is 4.35. The molecule has 2 aliphatic rings. The second kappa shape index (κ2) is 5.31. The molecule has 21 heavy (non-hydrogen) atoms. The van der Waals surface area contributed by atoms with Crippen LogP contribution in [0.3, 0.4) is 0 Å². The third-order valence-corrected chi connectivity index (χ3v) is 6.03. The smallest absolute Gasteiger partial charge is 0.241 e. The third-order valence-electron chi connectivity index (χ3n) is 5.39. The number of benzene rings is 1. The third kappa shape index (κ3) is 2.59. The molecule has 4 atom stereocenters. The van der Waals surface area contributed by atoms with Gasteiger partial charge in [-0.05, 0) is 63.0 Å². The summed E-state index contributed by atoms with van der Waals surface area (Å²) in [6.45, 7) is 6.23. The van der Waals surface area contributed by atoms with Crippen LogP contribution < -0.4 is 5.32 Å². The van der Waals surface area contributed by atoms with Gasteiger partial charge in [-0.3, -0.25) is 4.79 Å². The summed E-state index contributed by atoms with van der Waals surface area (Å²) in [5.74, 6) is 1.06. The fourth-order valence-corrected chi connectivity index (χ4v) is 4.72. The molecule has 3 heteroatoms. The molecule has 0 spiro atoms. The van der Waals surface area contributed by atoms with Crippen molar-refractivity contribution >= 4 is 17.5 Å². The maximum atomic E-state index is 12.7. The Morgan fingerprint density at radius 3 is 2.71 bits per heavy atom. The molecule has 2 nitrogen and oxygen atoms in total. The summed E-state index contributed by atoms with van der Waals surface area (Å²) < 4.78 is 0. The van der Waals surface area contributed by atoms with Crippen LogP contribution in [0.2, 0.25) is 0 Å². The summed E-state index contributed by atoms with van der Waals surface area (Å²) in [7, 11) is 0. The molecule has 2 saturated carbocycles. The number of fused-ring (bicyclic) bond motifs is 2. The zero-order valence-electron chi connectivity index (χ0n) is 13.1. The molecular formula is C18H24ClNO. The molecule has 0 radical (unpaired) electrons. The molecule has 2 aliphatic carbocycles. The molecule has 3 rings (SSSR count). The van der Waals surface area contributed by atoms with Crippen molar-refractivity contribution in [3.8, 4) is 0 Å². The van der Waals surface area contributed by atoms with Crippen LogP contribution in [0.25, 0.3) is 0 Å². The minimum atomic E-state index is -0.657. The lowest BCUT2D eigenvalue weighted by atomic mass is 9.86. The van der Waals surface area contributed by atoms with Gasteiger partial charge in [0.2, 0.25) is 5.91 Å². The van der Waals surface area contributed by atoms with Crippen molar-refractivity contribution in [3.05, 3.63) is 34.9 Å². The van der Waals surface area contributed by atoms with Crippen LogP contribution in [-0.4, -0.2) is 10.8 Å². The van der Waals surface area contributed by atoms with E-state index < -0.39 is 4.87 Å². The predicted octanol–water partition coefficient (Wildman–Crippen LogP) is 4.28. The van der Waals surface area contributed by atoms with Crippen molar-refractivity contribution in [2.24, 2.45) is 11.8 Å². The monoisotopic (exact) mass is 305 g/mol. The Morgan fingerprint density at radius 2 is 2.14 bits per heavy atom. The molecule has 1 aromatic rings. The van der Waals surface area contributed by atoms with Crippen molar-refractivity contribution in [1.82, 2.24) is 5.32 Å². The van der Waals surface area contributed by atoms with E-state index in [0.717, 1.165) is 19.3 Å². The van der Waals surface area contributed by atoms with Gasteiger partial charge in [0.1, 0.15) is 4.87 Å².